The van der Waals surface area contributed by atoms with Gasteiger partial charge in [-0.2, -0.15) is 5.10 Å². The van der Waals surface area contributed by atoms with Gasteiger partial charge in [-0.25, -0.2) is 5.43 Å². The van der Waals surface area contributed by atoms with Gasteiger partial charge in [0.25, 0.3) is 5.91 Å². The third kappa shape index (κ3) is 4.84. The van der Waals surface area contributed by atoms with E-state index in [1.54, 1.807) is 16.9 Å². The van der Waals surface area contributed by atoms with Crippen LogP contribution in [0.25, 0.3) is 0 Å². The molecule has 27 heavy (non-hydrogen) atoms. The highest BCUT2D eigenvalue weighted by atomic mass is 16.5. The maximum atomic E-state index is 12.5. The van der Waals surface area contributed by atoms with Gasteiger partial charge in [-0.15, -0.1) is 0 Å². The number of methoxy groups -OCH3 is 1. The van der Waals surface area contributed by atoms with Gasteiger partial charge in [0.1, 0.15) is 11.5 Å². The van der Waals surface area contributed by atoms with Crippen LogP contribution in [-0.4, -0.2) is 66.5 Å². The van der Waals surface area contributed by atoms with Gasteiger partial charge in [0.05, 0.1) is 7.11 Å². The topological polar surface area (TPSA) is 91.3 Å². The summed E-state index contributed by atoms with van der Waals surface area (Å²) in [4.78, 5) is 39.5. The fourth-order valence-electron chi connectivity index (χ4n) is 3.21. The summed E-state index contributed by atoms with van der Waals surface area (Å²) in [7, 11) is 1.62. The number of piperazine rings is 1. The molecule has 0 atom stereocenters. The minimum absolute atomic E-state index is 0.0900. The van der Waals surface area contributed by atoms with Crippen LogP contribution in [0, 0.1) is 0 Å². The van der Waals surface area contributed by atoms with E-state index in [2.05, 4.69) is 10.5 Å². The van der Waals surface area contributed by atoms with E-state index in [9.17, 15) is 14.4 Å². The van der Waals surface area contributed by atoms with Crippen LogP contribution >= 0.6 is 0 Å². The second-order valence-electron chi connectivity index (χ2n) is 6.62. The molecule has 1 N–H and O–H groups in total. The highest BCUT2D eigenvalue weighted by molar-refractivity contribution is 6.39. The van der Waals surface area contributed by atoms with E-state index in [0.717, 1.165) is 11.3 Å². The summed E-state index contributed by atoms with van der Waals surface area (Å²) in [6.07, 6.45) is 1.74. The quantitative estimate of drug-likeness (QED) is 0.818. The number of rotatable bonds is 5. The Morgan fingerprint density at radius 1 is 1.15 bits per heavy atom. The molecule has 2 heterocycles. The summed E-state index contributed by atoms with van der Waals surface area (Å²) < 4.78 is 5.20. The van der Waals surface area contributed by atoms with E-state index >= 15 is 0 Å². The van der Waals surface area contributed by atoms with Crippen LogP contribution in [0.2, 0.25) is 0 Å². The van der Waals surface area contributed by atoms with Crippen molar-refractivity contribution in [2.45, 2.75) is 25.7 Å². The van der Waals surface area contributed by atoms with Gasteiger partial charge >= 0.3 is 0 Å². The lowest BCUT2D eigenvalue weighted by Gasteiger charge is -2.35. The van der Waals surface area contributed by atoms with E-state index < -0.39 is 0 Å². The second-order valence-corrected chi connectivity index (χ2v) is 6.62. The van der Waals surface area contributed by atoms with Crippen molar-refractivity contribution in [2.75, 3.05) is 33.3 Å². The maximum absolute atomic E-state index is 12.5. The zero-order chi connectivity index (χ0) is 19.2. The molecular formula is C19H24N4O4. The van der Waals surface area contributed by atoms with E-state index in [0.29, 0.717) is 51.2 Å². The van der Waals surface area contributed by atoms with Crippen LogP contribution in [0.15, 0.2) is 29.4 Å². The Morgan fingerprint density at radius 3 is 2.56 bits per heavy atom. The Labute approximate surface area is 158 Å². The van der Waals surface area contributed by atoms with Crippen LogP contribution < -0.4 is 10.2 Å². The molecule has 144 valence electrons. The molecule has 2 aliphatic rings. The molecule has 0 aromatic heterocycles. The molecular weight excluding hydrogens is 348 g/mol. The summed E-state index contributed by atoms with van der Waals surface area (Å²) in [6, 6.07) is 7.71. The molecule has 1 fully saturated rings. The van der Waals surface area contributed by atoms with Crippen molar-refractivity contribution in [3.63, 3.8) is 0 Å². The molecule has 1 saturated heterocycles. The lowest BCUT2D eigenvalue weighted by molar-refractivity contribution is -0.136. The number of aryl methyl sites for hydroxylation is 1. The summed E-state index contributed by atoms with van der Waals surface area (Å²) in [5, 5.41) is 3.85. The normalized spacial score (nSPS) is 17.2. The second kappa shape index (κ2) is 8.66. The summed E-state index contributed by atoms with van der Waals surface area (Å²) in [6.45, 7) is 2.00. The van der Waals surface area contributed by atoms with E-state index in [-0.39, 0.29) is 24.1 Å². The number of amides is 3. The largest absolute Gasteiger partial charge is 0.497 e. The number of carbonyl (C=O) groups is 3. The van der Waals surface area contributed by atoms with Crippen molar-refractivity contribution in [1.82, 2.24) is 15.2 Å². The monoisotopic (exact) mass is 372 g/mol. The number of hydrogen-bond donors (Lipinski definition) is 1. The lowest BCUT2D eigenvalue weighted by Crippen LogP contribution is -2.52. The molecule has 1 aromatic carbocycles. The van der Waals surface area contributed by atoms with E-state index in [4.69, 9.17) is 4.74 Å². The lowest BCUT2D eigenvalue weighted by atomic mass is 10.1. The van der Waals surface area contributed by atoms with Crippen molar-refractivity contribution >= 4 is 23.4 Å². The maximum Gasteiger partial charge on any atom is 0.270 e. The fourth-order valence-corrected chi connectivity index (χ4v) is 3.21. The van der Waals surface area contributed by atoms with Crippen LogP contribution in [0.4, 0.5) is 0 Å². The first-order valence-corrected chi connectivity index (χ1v) is 9.12. The van der Waals surface area contributed by atoms with Crippen molar-refractivity contribution in [2.24, 2.45) is 5.10 Å². The number of hydrazone groups is 1. The predicted octanol–water partition coefficient (Wildman–Crippen LogP) is 0.565. The Balaban J connectivity index is 1.46. The van der Waals surface area contributed by atoms with E-state index in [1.807, 2.05) is 24.3 Å². The van der Waals surface area contributed by atoms with Gasteiger partial charge in [0.2, 0.25) is 11.8 Å². The zero-order valence-corrected chi connectivity index (χ0v) is 15.4. The SMILES string of the molecule is COc1cccc(CCC(=O)N2CCN(C(=O)C3=NNC(=O)CC3)CC2)c1. The van der Waals surface area contributed by atoms with Crippen LogP contribution in [0.1, 0.15) is 24.8 Å². The third-order valence-corrected chi connectivity index (χ3v) is 4.83. The van der Waals surface area contributed by atoms with Crippen molar-refractivity contribution in [1.29, 1.82) is 0 Å². The Hall–Kier alpha value is -2.90. The van der Waals surface area contributed by atoms with E-state index in [1.165, 1.54) is 0 Å². The van der Waals surface area contributed by atoms with Gasteiger partial charge in [-0.3, -0.25) is 14.4 Å². The Kier molecular flexibility index (Phi) is 6.05. The predicted molar refractivity (Wildman–Crippen MR) is 99.3 cm³/mol. The first-order chi connectivity index (χ1) is 13.1. The summed E-state index contributed by atoms with van der Waals surface area (Å²) >= 11 is 0. The van der Waals surface area contributed by atoms with Crippen molar-refractivity contribution in [3.05, 3.63) is 29.8 Å². The molecule has 0 spiro atoms. The van der Waals surface area contributed by atoms with Crippen LogP contribution in [0.3, 0.4) is 0 Å². The smallest absolute Gasteiger partial charge is 0.270 e. The first kappa shape index (κ1) is 18.9. The number of nitrogens with one attached hydrogen (secondary N) is 1. The Morgan fingerprint density at radius 2 is 1.89 bits per heavy atom. The molecule has 8 nitrogen and oxygen atoms in total. The molecule has 0 unspecified atom stereocenters. The average molecular weight is 372 g/mol. The molecule has 0 saturated carbocycles. The van der Waals surface area contributed by atoms with Gasteiger partial charge in [0.15, 0.2) is 0 Å². The summed E-state index contributed by atoms with van der Waals surface area (Å²) in [5.74, 6) is 0.553. The Bertz CT molecular complexity index is 754. The number of benzene rings is 1. The number of carbonyl (C=O) groups excluding carboxylic acids is 3. The minimum Gasteiger partial charge on any atom is -0.497 e. The summed E-state index contributed by atoms with van der Waals surface area (Å²) in [5.41, 5.74) is 3.79. The van der Waals surface area contributed by atoms with Gasteiger partial charge < -0.3 is 14.5 Å². The standard InChI is InChI=1S/C19H24N4O4/c1-27-15-4-2-3-14(13-15)5-8-18(25)22-9-11-23(12-10-22)19(26)16-6-7-17(24)21-20-16/h2-4,13H,5-12H2,1H3,(H,21,24). The molecule has 3 amide bonds. The molecule has 8 heteroatoms. The molecule has 0 bridgehead atoms. The number of hydrogen-bond acceptors (Lipinski definition) is 5. The molecule has 2 aliphatic heterocycles. The molecule has 3 rings (SSSR count). The van der Waals surface area contributed by atoms with Crippen LogP contribution in [0.5, 0.6) is 5.75 Å². The van der Waals surface area contributed by atoms with Gasteiger partial charge in [-0.1, -0.05) is 12.1 Å². The zero-order valence-electron chi connectivity index (χ0n) is 15.4. The molecule has 1 aromatic rings. The fraction of sp³-hybridized carbons (Fsp3) is 0.474. The van der Waals surface area contributed by atoms with Gasteiger partial charge in [-0.05, 0) is 24.1 Å². The average Bonchev–Trinajstić information content (AvgIpc) is 2.72. The first-order valence-electron chi connectivity index (χ1n) is 9.12. The number of ether oxygens (including phenoxy) is 1. The van der Waals surface area contributed by atoms with Gasteiger partial charge in [0, 0.05) is 45.4 Å². The van der Waals surface area contributed by atoms with Crippen molar-refractivity contribution < 1.29 is 19.1 Å². The number of nitrogens with zero attached hydrogens (tertiary/aromatic N) is 3. The molecule has 0 radical (unpaired) electrons. The highest BCUT2D eigenvalue weighted by Gasteiger charge is 2.28. The minimum atomic E-state index is -0.169. The van der Waals surface area contributed by atoms with Crippen LogP contribution in [-0.2, 0) is 20.8 Å². The highest BCUT2D eigenvalue weighted by Crippen LogP contribution is 2.15. The molecule has 0 aliphatic carbocycles. The third-order valence-electron chi connectivity index (χ3n) is 4.83. The van der Waals surface area contributed by atoms with Crippen molar-refractivity contribution in [3.8, 4) is 5.75 Å².